The van der Waals surface area contributed by atoms with Crippen molar-refractivity contribution < 1.29 is 28.7 Å². The average molecular weight is 434 g/mol. The molecule has 2 heterocycles. The van der Waals surface area contributed by atoms with Gasteiger partial charge in [0.2, 0.25) is 0 Å². The molecule has 8 heteroatoms. The molecule has 1 amide bonds. The smallest absolute Gasteiger partial charge is 0.301 e. The van der Waals surface area contributed by atoms with Crippen LogP contribution in [0.25, 0.3) is 5.76 Å². The van der Waals surface area contributed by atoms with Crippen molar-refractivity contribution in [1.29, 1.82) is 0 Å². The Labute approximate surface area is 184 Å². The maximum absolute atomic E-state index is 13.1. The Kier molecular flexibility index (Phi) is 5.68. The van der Waals surface area contributed by atoms with Gasteiger partial charge in [-0.2, -0.15) is 0 Å². The Balaban J connectivity index is 1.90. The van der Waals surface area contributed by atoms with E-state index in [-0.39, 0.29) is 17.2 Å². The van der Waals surface area contributed by atoms with Crippen LogP contribution in [-0.4, -0.2) is 35.7 Å². The molecule has 0 spiro atoms. The normalized spacial score (nSPS) is 17.6. The molecule has 1 atom stereocenters. The molecule has 32 heavy (non-hydrogen) atoms. The number of rotatable bonds is 6. The van der Waals surface area contributed by atoms with E-state index >= 15 is 0 Å². The summed E-state index contributed by atoms with van der Waals surface area (Å²) < 4.78 is 15.9. The number of aromatic nitrogens is 1. The van der Waals surface area contributed by atoms with E-state index in [1.165, 1.54) is 12.0 Å². The summed E-state index contributed by atoms with van der Waals surface area (Å²) in [6.45, 7) is 4.07. The Morgan fingerprint density at radius 3 is 2.50 bits per heavy atom. The molecular weight excluding hydrogens is 412 g/mol. The molecule has 0 bridgehead atoms. The topological polar surface area (TPSA) is 102 Å². The van der Waals surface area contributed by atoms with Crippen molar-refractivity contribution in [2.24, 2.45) is 0 Å². The molecule has 1 N–H and O–H groups in total. The van der Waals surface area contributed by atoms with Crippen molar-refractivity contribution in [3.63, 3.8) is 0 Å². The summed E-state index contributed by atoms with van der Waals surface area (Å²) in [6.07, 6.45) is 0. The molecule has 1 aliphatic rings. The fourth-order valence-corrected chi connectivity index (χ4v) is 3.69. The lowest BCUT2D eigenvalue weighted by molar-refractivity contribution is -0.132. The number of methoxy groups -OCH3 is 1. The van der Waals surface area contributed by atoms with Crippen LogP contribution in [0, 0.1) is 6.92 Å². The minimum absolute atomic E-state index is 0.0481. The van der Waals surface area contributed by atoms with E-state index in [4.69, 9.17) is 14.0 Å². The molecule has 3 aromatic rings. The number of carbonyl (C=O) groups excluding carboxylic acids is 2. The first-order valence-corrected chi connectivity index (χ1v) is 10.1. The summed E-state index contributed by atoms with van der Waals surface area (Å²) >= 11 is 0. The number of Topliss-reactive ketones (excluding diaryl/α,β-unsaturated/α-hetero) is 1. The molecule has 0 aliphatic carbocycles. The highest BCUT2D eigenvalue weighted by molar-refractivity contribution is 6.51. The van der Waals surface area contributed by atoms with Gasteiger partial charge in [0, 0.05) is 11.6 Å². The van der Waals surface area contributed by atoms with E-state index in [1.807, 2.05) is 6.92 Å². The van der Waals surface area contributed by atoms with Gasteiger partial charge in [-0.1, -0.05) is 29.4 Å². The highest BCUT2D eigenvalue weighted by atomic mass is 16.5. The van der Waals surface area contributed by atoms with E-state index < -0.39 is 17.7 Å². The first-order valence-electron chi connectivity index (χ1n) is 10.1. The van der Waals surface area contributed by atoms with Crippen LogP contribution in [0.1, 0.15) is 29.9 Å². The average Bonchev–Trinajstić information content (AvgIpc) is 3.34. The van der Waals surface area contributed by atoms with Crippen molar-refractivity contribution in [2.75, 3.05) is 18.6 Å². The van der Waals surface area contributed by atoms with Crippen LogP contribution in [0.3, 0.4) is 0 Å². The number of ketones is 1. The number of benzene rings is 2. The quantitative estimate of drug-likeness (QED) is 0.355. The van der Waals surface area contributed by atoms with Gasteiger partial charge in [0.25, 0.3) is 5.78 Å². The summed E-state index contributed by atoms with van der Waals surface area (Å²) in [5, 5.41) is 15.1. The Bertz CT molecular complexity index is 1200. The van der Waals surface area contributed by atoms with Gasteiger partial charge in [-0.15, -0.1) is 0 Å². The summed E-state index contributed by atoms with van der Waals surface area (Å²) in [5.74, 6) is -0.0880. The predicted octanol–water partition coefficient (Wildman–Crippen LogP) is 4.02. The molecular formula is C24H22N2O6. The number of hydrogen-bond acceptors (Lipinski definition) is 7. The van der Waals surface area contributed by atoms with E-state index in [0.717, 1.165) is 0 Å². The number of amides is 1. The van der Waals surface area contributed by atoms with Crippen LogP contribution in [0.15, 0.2) is 64.7 Å². The van der Waals surface area contributed by atoms with Gasteiger partial charge in [0.1, 0.15) is 23.0 Å². The summed E-state index contributed by atoms with van der Waals surface area (Å²) in [6, 6.07) is 14.3. The Morgan fingerprint density at radius 1 is 1.12 bits per heavy atom. The zero-order chi connectivity index (χ0) is 22.8. The highest BCUT2D eigenvalue weighted by Crippen LogP contribution is 2.42. The number of aliphatic hydroxyl groups excluding tert-OH is 1. The number of aryl methyl sites for hydroxylation is 1. The van der Waals surface area contributed by atoms with Crippen LogP contribution < -0.4 is 14.4 Å². The second-order valence-electron chi connectivity index (χ2n) is 7.20. The van der Waals surface area contributed by atoms with Gasteiger partial charge in [-0.3, -0.25) is 14.5 Å². The number of aliphatic hydroxyl groups is 1. The largest absolute Gasteiger partial charge is 0.507 e. The minimum Gasteiger partial charge on any atom is -0.507 e. The summed E-state index contributed by atoms with van der Waals surface area (Å²) in [4.78, 5) is 27.4. The molecule has 8 nitrogen and oxygen atoms in total. The van der Waals surface area contributed by atoms with Crippen LogP contribution in [-0.2, 0) is 9.59 Å². The number of ether oxygens (including phenoxy) is 2. The van der Waals surface area contributed by atoms with Gasteiger partial charge in [-0.05, 0) is 43.7 Å². The lowest BCUT2D eigenvalue weighted by Crippen LogP contribution is -2.29. The number of nitrogens with zero attached hydrogens (tertiary/aromatic N) is 2. The monoisotopic (exact) mass is 434 g/mol. The van der Waals surface area contributed by atoms with Gasteiger partial charge in [0.15, 0.2) is 5.82 Å². The summed E-state index contributed by atoms with van der Waals surface area (Å²) in [7, 11) is 1.50. The van der Waals surface area contributed by atoms with Crippen molar-refractivity contribution in [2.45, 2.75) is 19.9 Å². The van der Waals surface area contributed by atoms with Gasteiger partial charge >= 0.3 is 5.91 Å². The van der Waals surface area contributed by atoms with Gasteiger partial charge in [0.05, 0.1) is 25.3 Å². The molecule has 4 rings (SSSR count). The lowest BCUT2D eigenvalue weighted by Gasteiger charge is -2.23. The molecule has 1 saturated heterocycles. The molecule has 1 fully saturated rings. The van der Waals surface area contributed by atoms with Crippen LogP contribution in [0.5, 0.6) is 11.5 Å². The van der Waals surface area contributed by atoms with E-state index in [2.05, 4.69) is 5.16 Å². The molecule has 1 aliphatic heterocycles. The summed E-state index contributed by atoms with van der Waals surface area (Å²) in [5.41, 5.74) is 0.917. The maximum atomic E-state index is 13.1. The third kappa shape index (κ3) is 3.71. The molecule has 0 radical (unpaired) electrons. The molecule has 0 unspecified atom stereocenters. The van der Waals surface area contributed by atoms with Crippen LogP contribution >= 0.6 is 0 Å². The zero-order valence-electron chi connectivity index (χ0n) is 17.9. The Morgan fingerprint density at radius 2 is 1.88 bits per heavy atom. The fourth-order valence-electron chi connectivity index (χ4n) is 3.69. The first kappa shape index (κ1) is 21.2. The molecule has 2 aromatic carbocycles. The minimum atomic E-state index is -0.902. The standard InChI is InChI=1S/C24H22N2O6/c1-4-31-17-10-8-15(9-11-17)21-20(22(27)16-6-5-7-18(13-16)30-3)23(28)24(29)26(21)19-12-14(2)32-25-19/h5-13,21,27H,4H2,1-3H3/t21-/m1/s1. The van der Waals surface area contributed by atoms with Crippen molar-refractivity contribution in [1.82, 2.24) is 5.16 Å². The van der Waals surface area contributed by atoms with E-state index in [0.29, 0.717) is 35.0 Å². The zero-order valence-corrected chi connectivity index (χ0v) is 17.9. The van der Waals surface area contributed by atoms with Crippen molar-refractivity contribution in [3.8, 4) is 11.5 Å². The van der Waals surface area contributed by atoms with Gasteiger partial charge in [-0.25, -0.2) is 0 Å². The maximum Gasteiger partial charge on any atom is 0.301 e. The SMILES string of the molecule is CCOc1ccc([C@@H]2C(=C(O)c3cccc(OC)c3)C(=O)C(=O)N2c2cc(C)on2)cc1. The van der Waals surface area contributed by atoms with Crippen molar-refractivity contribution >= 4 is 23.3 Å². The second-order valence-corrected chi connectivity index (χ2v) is 7.20. The number of anilines is 1. The van der Waals surface area contributed by atoms with E-state index in [1.54, 1.807) is 61.5 Å². The van der Waals surface area contributed by atoms with E-state index in [9.17, 15) is 14.7 Å². The van der Waals surface area contributed by atoms with Gasteiger partial charge < -0.3 is 19.1 Å². The second kappa shape index (κ2) is 8.58. The number of hydrogen-bond donors (Lipinski definition) is 1. The first-order chi connectivity index (χ1) is 15.4. The third-order valence-corrected chi connectivity index (χ3v) is 5.16. The third-order valence-electron chi connectivity index (χ3n) is 5.16. The molecule has 0 saturated carbocycles. The Hall–Kier alpha value is -4.07. The predicted molar refractivity (Wildman–Crippen MR) is 117 cm³/mol. The number of carbonyl (C=O) groups is 2. The highest BCUT2D eigenvalue weighted by Gasteiger charge is 2.48. The molecule has 164 valence electrons. The molecule has 1 aromatic heterocycles. The van der Waals surface area contributed by atoms with Crippen LogP contribution in [0.2, 0.25) is 0 Å². The van der Waals surface area contributed by atoms with Crippen LogP contribution in [0.4, 0.5) is 5.82 Å². The lowest BCUT2D eigenvalue weighted by atomic mass is 9.95. The fraction of sp³-hybridized carbons (Fsp3) is 0.208. The van der Waals surface area contributed by atoms with Crippen molar-refractivity contribution in [3.05, 3.63) is 77.1 Å².